The lowest BCUT2D eigenvalue weighted by Crippen LogP contribution is -2.23. The van der Waals surface area contributed by atoms with Crippen LogP contribution in [-0.2, 0) is 11.3 Å². The van der Waals surface area contributed by atoms with Crippen LogP contribution in [0.25, 0.3) is 0 Å². The number of amides is 1. The van der Waals surface area contributed by atoms with Gasteiger partial charge < -0.3 is 10.1 Å². The van der Waals surface area contributed by atoms with Crippen molar-refractivity contribution in [1.29, 1.82) is 0 Å². The number of nitrogens with one attached hydrogen (secondary N) is 1. The minimum Gasteiger partial charge on any atom is -0.491 e. The molecule has 0 saturated carbocycles. The van der Waals surface area contributed by atoms with Gasteiger partial charge in [0.05, 0.1) is 6.10 Å². The van der Waals surface area contributed by atoms with Crippen molar-refractivity contribution in [3.05, 3.63) is 59.7 Å². The molecule has 0 aromatic heterocycles. The monoisotopic (exact) mass is 343 g/mol. The molecule has 4 heteroatoms. The summed E-state index contributed by atoms with van der Waals surface area (Å²) in [5.74, 6) is 1.70. The molecule has 2 aromatic carbocycles. The van der Waals surface area contributed by atoms with Gasteiger partial charge in [0.15, 0.2) is 0 Å². The summed E-state index contributed by atoms with van der Waals surface area (Å²) in [6, 6.07) is 16.2. The van der Waals surface area contributed by atoms with E-state index in [0.29, 0.717) is 13.0 Å². The molecule has 0 heterocycles. The van der Waals surface area contributed by atoms with Gasteiger partial charge in [-0.15, -0.1) is 11.8 Å². The highest BCUT2D eigenvalue weighted by Gasteiger charge is 2.04. The Labute approximate surface area is 148 Å². The molecule has 0 aliphatic carbocycles. The van der Waals surface area contributed by atoms with Crippen molar-refractivity contribution in [3.63, 3.8) is 0 Å². The van der Waals surface area contributed by atoms with E-state index in [1.54, 1.807) is 11.8 Å². The standard InChI is InChI=1S/C20H25NO2S/c1-15(2)23-18-6-4-5-17(13-18)14-21-20(22)11-12-24-19-9-7-16(3)8-10-19/h4-10,13,15H,11-12,14H2,1-3H3,(H,21,22). The van der Waals surface area contributed by atoms with Gasteiger partial charge >= 0.3 is 0 Å². The Balaban J connectivity index is 1.72. The van der Waals surface area contributed by atoms with Crippen LogP contribution in [0.5, 0.6) is 5.75 Å². The van der Waals surface area contributed by atoms with Gasteiger partial charge in [-0.3, -0.25) is 4.79 Å². The molecule has 0 aliphatic rings. The van der Waals surface area contributed by atoms with Crippen LogP contribution in [0.15, 0.2) is 53.4 Å². The predicted octanol–water partition coefficient (Wildman–Crippen LogP) is 4.58. The number of thioether (sulfide) groups is 1. The molecular formula is C20H25NO2S. The maximum Gasteiger partial charge on any atom is 0.221 e. The highest BCUT2D eigenvalue weighted by Crippen LogP contribution is 2.19. The first kappa shape index (κ1) is 18.4. The molecule has 1 amide bonds. The quantitative estimate of drug-likeness (QED) is 0.713. The lowest BCUT2D eigenvalue weighted by Gasteiger charge is -2.11. The molecule has 2 rings (SSSR count). The van der Waals surface area contributed by atoms with Gasteiger partial charge in [-0.25, -0.2) is 0 Å². The van der Waals surface area contributed by atoms with Crippen LogP contribution in [-0.4, -0.2) is 17.8 Å². The van der Waals surface area contributed by atoms with E-state index in [2.05, 4.69) is 36.5 Å². The zero-order chi connectivity index (χ0) is 17.4. The van der Waals surface area contributed by atoms with Gasteiger partial charge in [0.1, 0.15) is 5.75 Å². The summed E-state index contributed by atoms with van der Waals surface area (Å²) in [6.45, 7) is 6.60. The van der Waals surface area contributed by atoms with E-state index in [1.165, 1.54) is 10.5 Å². The van der Waals surface area contributed by atoms with E-state index in [4.69, 9.17) is 4.74 Å². The van der Waals surface area contributed by atoms with Crippen LogP contribution in [0.1, 0.15) is 31.4 Å². The second kappa shape index (κ2) is 9.38. The molecule has 24 heavy (non-hydrogen) atoms. The average Bonchev–Trinajstić information content (AvgIpc) is 2.54. The van der Waals surface area contributed by atoms with Gasteiger partial charge in [-0.05, 0) is 50.6 Å². The Kier molecular flexibility index (Phi) is 7.19. The molecule has 0 atom stereocenters. The van der Waals surface area contributed by atoms with Gasteiger partial charge in [0.2, 0.25) is 5.91 Å². The van der Waals surface area contributed by atoms with E-state index in [0.717, 1.165) is 17.1 Å². The summed E-state index contributed by atoms with van der Waals surface area (Å²) in [7, 11) is 0. The van der Waals surface area contributed by atoms with Gasteiger partial charge in [-0.1, -0.05) is 29.8 Å². The molecule has 1 N–H and O–H groups in total. The number of hydrogen-bond donors (Lipinski definition) is 1. The van der Waals surface area contributed by atoms with Crippen molar-refractivity contribution in [2.24, 2.45) is 0 Å². The summed E-state index contributed by atoms with van der Waals surface area (Å²) in [5.41, 5.74) is 2.30. The van der Waals surface area contributed by atoms with Crippen molar-refractivity contribution < 1.29 is 9.53 Å². The van der Waals surface area contributed by atoms with Crippen molar-refractivity contribution >= 4 is 17.7 Å². The van der Waals surface area contributed by atoms with Crippen molar-refractivity contribution in [2.75, 3.05) is 5.75 Å². The highest BCUT2D eigenvalue weighted by molar-refractivity contribution is 7.99. The number of carbonyl (C=O) groups excluding carboxylic acids is 1. The largest absolute Gasteiger partial charge is 0.491 e. The van der Waals surface area contributed by atoms with E-state index in [1.807, 2.05) is 38.1 Å². The van der Waals surface area contributed by atoms with Crippen molar-refractivity contribution in [1.82, 2.24) is 5.32 Å². The lowest BCUT2D eigenvalue weighted by atomic mass is 10.2. The molecule has 0 spiro atoms. The summed E-state index contributed by atoms with van der Waals surface area (Å²) < 4.78 is 5.67. The van der Waals surface area contributed by atoms with E-state index >= 15 is 0 Å². The molecule has 0 saturated heterocycles. The number of rotatable bonds is 8. The first-order valence-electron chi connectivity index (χ1n) is 8.24. The van der Waals surface area contributed by atoms with Crippen LogP contribution in [0, 0.1) is 6.92 Å². The summed E-state index contributed by atoms with van der Waals surface area (Å²) >= 11 is 1.71. The summed E-state index contributed by atoms with van der Waals surface area (Å²) in [4.78, 5) is 13.2. The van der Waals surface area contributed by atoms with Crippen molar-refractivity contribution in [3.8, 4) is 5.75 Å². The van der Waals surface area contributed by atoms with E-state index < -0.39 is 0 Å². The minimum absolute atomic E-state index is 0.0739. The molecule has 0 fully saturated rings. The Morgan fingerprint density at radius 2 is 1.92 bits per heavy atom. The topological polar surface area (TPSA) is 38.3 Å². The average molecular weight is 343 g/mol. The zero-order valence-corrected chi connectivity index (χ0v) is 15.4. The fourth-order valence-corrected chi connectivity index (χ4v) is 3.04. The normalized spacial score (nSPS) is 10.7. The Hall–Kier alpha value is -1.94. The minimum atomic E-state index is 0.0739. The van der Waals surface area contributed by atoms with Crippen LogP contribution < -0.4 is 10.1 Å². The summed E-state index contributed by atoms with van der Waals surface area (Å²) in [6.07, 6.45) is 0.661. The molecule has 2 aromatic rings. The molecule has 0 radical (unpaired) electrons. The fraction of sp³-hybridized carbons (Fsp3) is 0.350. The molecular weight excluding hydrogens is 318 g/mol. The Morgan fingerprint density at radius 3 is 2.62 bits per heavy atom. The molecule has 0 unspecified atom stereocenters. The predicted molar refractivity (Wildman–Crippen MR) is 101 cm³/mol. The highest BCUT2D eigenvalue weighted by atomic mass is 32.2. The summed E-state index contributed by atoms with van der Waals surface area (Å²) in [5, 5.41) is 2.97. The first-order chi connectivity index (χ1) is 11.5. The van der Waals surface area contributed by atoms with Crippen molar-refractivity contribution in [2.45, 2.75) is 44.7 Å². The fourth-order valence-electron chi connectivity index (χ4n) is 2.19. The second-order valence-electron chi connectivity index (χ2n) is 6.00. The SMILES string of the molecule is Cc1ccc(SCCC(=O)NCc2cccc(OC(C)C)c2)cc1. The van der Waals surface area contributed by atoms with Crippen LogP contribution in [0.3, 0.4) is 0 Å². The van der Waals surface area contributed by atoms with E-state index in [9.17, 15) is 4.79 Å². The Bertz CT molecular complexity index is 653. The van der Waals surface area contributed by atoms with Crippen LogP contribution in [0.4, 0.5) is 0 Å². The number of benzene rings is 2. The van der Waals surface area contributed by atoms with Crippen LogP contribution >= 0.6 is 11.8 Å². The molecule has 128 valence electrons. The smallest absolute Gasteiger partial charge is 0.221 e. The molecule has 0 aliphatic heterocycles. The second-order valence-corrected chi connectivity index (χ2v) is 7.17. The van der Waals surface area contributed by atoms with Gasteiger partial charge in [0.25, 0.3) is 0 Å². The third-order valence-electron chi connectivity index (χ3n) is 3.38. The van der Waals surface area contributed by atoms with Gasteiger partial charge in [0, 0.05) is 23.6 Å². The maximum absolute atomic E-state index is 12.0. The first-order valence-corrected chi connectivity index (χ1v) is 9.23. The van der Waals surface area contributed by atoms with Gasteiger partial charge in [-0.2, -0.15) is 0 Å². The van der Waals surface area contributed by atoms with E-state index in [-0.39, 0.29) is 12.0 Å². The number of carbonyl (C=O) groups is 1. The molecule has 3 nitrogen and oxygen atoms in total. The lowest BCUT2D eigenvalue weighted by molar-refractivity contribution is -0.120. The van der Waals surface area contributed by atoms with Crippen LogP contribution in [0.2, 0.25) is 0 Å². The number of ether oxygens (including phenoxy) is 1. The third-order valence-corrected chi connectivity index (χ3v) is 4.39. The Morgan fingerprint density at radius 1 is 1.17 bits per heavy atom. The number of hydrogen-bond acceptors (Lipinski definition) is 3. The number of aryl methyl sites for hydroxylation is 1. The zero-order valence-electron chi connectivity index (χ0n) is 14.5. The maximum atomic E-state index is 12.0. The third kappa shape index (κ3) is 6.67. The molecule has 0 bridgehead atoms.